The highest BCUT2D eigenvalue weighted by atomic mass is 79.9. The van der Waals surface area contributed by atoms with Crippen LogP contribution >= 0.6 is 15.9 Å². The Morgan fingerprint density at radius 2 is 2.31 bits per heavy atom. The Kier molecular flexibility index (Phi) is 3.13. The lowest BCUT2D eigenvalue weighted by atomic mass is 9.92. The van der Waals surface area contributed by atoms with E-state index in [0.717, 1.165) is 12.8 Å². The Balaban J connectivity index is 2.30. The van der Waals surface area contributed by atoms with Crippen molar-refractivity contribution in [2.75, 3.05) is 6.61 Å². The molecule has 0 amide bonds. The van der Waals surface area contributed by atoms with E-state index in [9.17, 15) is 9.18 Å². The zero-order chi connectivity index (χ0) is 11.8. The van der Waals surface area contributed by atoms with Crippen LogP contribution in [0.2, 0.25) is 0 Å². The van der Waals surface area contributed by atoms with Crippen LogP contribution in [0.3, 0.4) is 0 Å². The highest BCUT2D eigenvalue weighted by Gasteiger charge is 2.38. The molecule has 0 saturated carbocycles. The number of hydrogen-bond acceptors (Lipinski definition) is 2. The molecule has 1 atom stereocenters. The molecule has 0 aromatic heterocycles. The van der Waals surface area contributed by atoms with Crippen LogP contribution in [0.4, 0.5) is 4.39 Å². The molecule has 1 unspecified atom stereocenters. The zero-order valence-corrected chi connectivity index (χ0v) is 10.5. The van der Waals surface area contributed by atoms with Gasteiger partial charge in [0.15, 0.2) is 5.78 Å². The summed E-state index contributed by atoms with van der Waals surface area (Å²) in [5.41, 5.74) is -0.255. The minimum Gasteiger partial charge on any atom is -0.367 e. The first-order valence-electron chi connectivity index (χ1n) is 5.17. The summed E-state index contributed by atoms with van der Waals surface area (Å²) >= 11 is 3.07. The molecule has 1 fully saturated rings. The third-order valence-corrected chi connectivity index (χ3v) is 3.49. The third-order valence-electron chi connectivity index (χ3n) is 2.88. The maximum atomic E-state index is 13.0. The molecule has 1 heterocycles. The van der Waals surface area contributed by atoms with E-state index in [1.807, 2.05) is 0 Å². The van der Waals surface area contributed by atoms with Crippen molar-refractivity contribution in [1.82, 2.24) is 0 Å². The van der Waals surface area contributed by atoms with Crippen molar-refractivity contribution in [3.8, 4) is 0 Å². The largest absolute Gasteiger partial charge is 0.367 e. The summed E-state index contributed by atoms with van der Waals surface area (Å²) in [7, 11) is 0. The van der Waals surface area contributed by atoms with E-state index < -0.39 is 5.60 Å². The number of halogens is 2. The number of rotatable bonds is 2. The number of ether oxygens (including phenoxy) is 1. The summed E-state index contributed by atoms with van der Waals surface area (Å²) in [5.74, 6) is -0.445. The Morgan fingerprint density at radius 1 is 1.56 bits per heavy atom. The lowest BCUT2D eigenvalue weighted by Gasteiger charge is -2.21. The number of hydrogen-bond donors (Lipinski definition) is 0. The molecule has 0 spiro atoms. The summed E-state index contributed by atoms with van der Waals surface area (Å²) in [6, 6.07) is 4.29. The molecule has 4 heteroatoms. The van der Waals surface area contributed by atoms with Crippen molar-refractivity contribution >= 4 is 21.7 Å². The number of carbonyl (C=O) groups excluding carboxylic acids is 1. The number of carbonyl (C=O) groups is 1. The normalized spacial score (nSPS) is 24.7. The predicted octanol–water partition coefficient (Wildman–Crippen LogP) is 3.34. The molecule has 1 aliphatic heterocycles. The summed E-state index contributed by atoms with van der Waals surface area (Å²) in [6.07, 6.45) is 1.62. The Hall–Kier alpha value is -0.740. The second-order valence-electron chi connectivity index (χ2n) is 4.14. The standard InChI is InChI=1S/C12H12BrFO2/c1-12(5-2-6-16-12)11(15)8-3-4-10(14)9(13)7-8/h3-4,7H,2,5-6H2,1H3. The average molecular weight is 287 g/mol. The minimum absolute atomic E-state index is 0.0781. The Labute approximate surface area is 102 Å². The van der Waals surface area contributed by atoms with E-state index in [1.54, 1.807) is 6.92 Å². The Bertz CT molecular complexity index is 425. The van der Waals surface area contributed by atoms with E-state index >= 15 is 0 Å². The Morgan fingerprint density at radius 3 is 2.88 bits per heavy atom. The molecule has 0 bridgehead atoms. The van der Waals surface area contributed by atoms with Gasteiger partial charge in [0.25, 0.3) is 0 Å². The van der Waals surface area contributed by atoms with E-state index in [0.29, 0.717) is 16.6 Å². The van der Waals surface area contributed by atoms with Gasteiger partial charge in [-0.2, -0.15) is 0 Å². The fourth-order valence-corrected chi connectivity index (χ4v) is 2.28. The van der Waals surface area contributed by atoms with Crippen LogP contribution in [0, 0.1) is 5.82 Å². The first-order chi connectivity index (χ1) is 7.53. The molecule has 0 aliphatic carbocycles. The smallest absolute Gasteiger partial charge is 0.194 e. The van der Waals surface area contributed by atoms with Gasteiger partial charge in [-0.1, -0.05) is 0 Å². The van der Waals surface area contributed by atoms with E-state index in [4.69, 9.17) is 4.74 Å². The fraction of sp³-hybridized carbons (Fsp3) is 0.417. The van der Waals surface area contributed by atoms with Gasteiger partial charge in [0.2, 0.25) is 0 Å². The quantitative estimate of drug-likeness (QED) is 0.780. The molecule has 2 rings (SSSR count). The van der Waals surface area contributed by atoms with Crippen LogP contribution in [-0.2, 0) is 4.74 Å². The van der Waals surface area contributed by atoms with Crippen molar-refractivity contribution in [2.24, 2.45) is 0 Å². The molecule has 16 heavy (non-hydrogen) atoms. The first kappa shape index (κ1) is 11.7. The van der Waals surface area contributed by atoms with Crippen LogP contribution in [0.5, 0.6) is 0 Å². The summed E-state index contributed by atoms with van der Waals surface area (Å²) in [4.78, 5) is 12.2. The third kappa shape index (κ3) is 2.04. The first-order valence-corrected chi connectivity index (χ1v) is 5.96. The minimum atomic E-state index is -0.739. The molecule has 2 nitrogen and oxygen atoms in total. The number of ketones is 1. The van der Waals surface area contributed by atoms with Gasteiger partial charge in [0, 0.05) is 12.2 Å². The van der Waals surface area contributed by atoms with E-state index in [2.05, 4.69) is 15.9 Å². The molecule has 0 N–H and O–H groups in total. The highest BCUT2D eigenvalue weighted by molar-refractivity contribution is 9.10. The average Bonchev–Trinajstić information content (AvgIpc) is 2.70. The zero-order valence-electron chi connectivity index (χ0n) is 8.93. The molecule has 1 saturated heterocycles. The molecular formula is C12H12BrFO2. The summed E-state index contributed by atoms with van der Waals surface area (Å²) < 4.78 is 18.8. The van der Waals surface area contributed by atoms with E-state index in [1.165, 1.54) is 18.2 Å². The second kappa shape index (κ2) is 4.26. The number of benzene rings is 1. The fourth-order valence-electron chi connectivity index (χ4n) is 1.90. The molecule has 1 aliphatic rings. The van der Waals surface area contributed by atoms with Crippen molar-refractivity contribution in [2.45, 2.75) is 25.4 Å². The van der Waals surface area contributed by atoms with Crippen LogP contribution in [0.15, 0.2) is 22.7 Å². The molecular weight excluding hydrogens is 275 g/mol. The van der Waals surface area contributed by atoms with Crippen LogP contribution < -0.4 is 0 Å². The number of Topliss-reactive ketones (excluding diaryl/α,β-unsaturated/α-hetero) is 1. The van der Waals surface area contributed by atoms with Crippen LogP contribution in [0.25, 0.3) is 0 Å². The molecule has 0 radical (unpaired) electrons. The van der Waals surface area contributed by atoms with Crippen LogP contribution in [-0.4, -0.2) is 18.0 Å². The molecule has 1 aromatic carbocycles. The van der Waals surface area contributed by atoms with E-state index in [-0.39, 0.29) is 11.6 Å². The van der Waals surface area contributed by atoms with Crippen molar-refractivity contribution in [3.05, 3.63) is 34.1 Å². The van der Waals surface area contributed by atoms with Gasteiger partial charge in [-0.05, 0) is 53.9 Å². The van der Waals surface area contributed by atoms with Gasteiger partial charge in [0.1, 0.15) is 11.4 Å². The topological polar surface area (TPSA) is 26.3 Å². The maximum absolute atomic E-state index is 13.0. The van der Waals surface area contributed by atoms with Crippen molar-refractivity contribution < 1.29 is 13.9 Å². The highest BCUT2D eigenvalue weighted by Crippen LogP contribution is 2.30. The summed E-state index contributed by atoms with van der Waals surface area (Å²) in [5, 5.41) is 0. The van der Waals surface area contributed by atoms with Gasteiger partial charge in [0.05, 0.1) is 4.47 Å². The maximum Gasteiger partial charge on any atom is 0.194 e. The lowest BCUT2D eigenvalue weighted by Crippen LogP contribution is -2.34. The van der Waals surface area contributed by atoms with Gasteiger partial charge in [-0.3, -0.25) is 4.79 Å². The van der Waals surface area contributed by atoms with Gasteiger partial charge >= 0.3 is 0 Å². The van der Waals surface area contributed by atoms with Crippen LogP contribution in [0.1, 0.15) is 30.1 Å². The van der Waals surface area contributed by atoms with Gasteiger partial charge in [-0.25, -0.2) is 4.39 Å². The SMILES string of the molecule is CC1(C(=O)c2ccc(F)c(Br)c2)CCCO1. The second-order valence-corrected chi connectivity index (χ2v) is 5.00. The molecule has 86 valence electrons. The monoisotopic (exact) mass is 286 g/mol. The summed E-state index contributed by atoms with van der Waals surface area (Å²) in [6.45, 7) is 2.41. The lowest BCUT2D eigenvalue weighted by molar-refractivity contribution is 0.0213. The predicted molar refractivity (Wildman–Crippen MR) is 62.0 cm³/mol. The van der Waals surface area contributed by atoms with Gasteiger partial charge in [-0.15, -0.1) is 0 Å². The molecule has 1 aromatic rings. The van der Waals surface area contributed by atoms with Gasteiger partial charge < -0.3 is 4.74 Å². The van der Waals surface area contributed by atoms with Crippen molar-refractivity contribution in [1.29, 1.82) is 0 Å². The van der Waals surface area contributed by atoms with Crippen molar-refractivity contribution in [3.63, 3.8) is 0 Å².